The van der Waals surface area contributed by atoms with Gasteiger partial charge in [-0.25, -0.2) is 4.98 Å². The minimum atomic E-state index is -0.967. The van der Waals surface area contributed by atoms with Crippen molar-refractivity contribution in [1.82, 2.24) is 4.98 Å². The number of aromatic nitrogens is 1. The number of nitrogens with zero attached hydrogens (tertiary/aromatic N) is 1. The summed E-state index contributed by atoms with van der Waals surface area (Å²) in [4.78, 5) is 29.1. The van der Waals surface area contributed by atoms with Gasteiger partial charge in [0.15, 0.2) is 11.2 Å². The second-order valence-corrected chi connectivity index (χ2v) is 7.24. The molecular formula is C22H22N2O5S. The van der Waals surface area contributed by atoms with Crippen molar-refractivity contribution >= 4 is 28.3 Å². The van der Waals surface area contributed by atoms with E-state index < -0.39 is 18.0 Å². The molecule has 1 unspecified atom stereocenters. The molecule has 0 saturated heterocycles. The summed E-state index contributed by atoms with van der Waals surface area (Å²) in [5.41, 5.74) is 2.37. The van der Waals surface area contributed by atoms with Gasteiger partial charge in [-0.3, -0.25) is 14.9 Å². The highest BCUT2D eigenvalue weighted by Gasteiger charge is 2.20. The molecule has 1 N–H and O–H groups in total. The lowest BCUT2D eigenvalue weighted by Gasteiger charge is -2.14. The first-order valence-electron chi connectivity index (χ1n) is 9.22. The lowest BCUT2D eigenvalue weighted by molar-refractivity contribution is -0.152. The largest absolute Gasteiger partial charge is 0.497 e. The highest BCUT2D eigenvalue weighted by Crippen LogP contribution is 2.26. The van der Waals surface area contributed by atoms with E-state index in [1.54, 1.807) is 25.3 Å². The molecule has 1 heterocycles. The Morgan fingerprint density at radius 3 is 2.57 bits per heavy atom. The fourth-order valence-corrected chi connectivity index (χ4v) is 3.45. The molecule has 1 aromatic heterocycles. The number of nitrogens with one attached hydrogen (secondary N) is 1. The van der Waals surface area contributed by atoms with E-state index in [1.807, 2.05) is 35.7 Å². The van der Waals surface area contributed by atoms with Crippen LogP contribution in [0.5, 0.6) is 11.5 Å². The number of hydrogen-bond donors (Lipinski definition) is 1. The van der Waals surface area contributed by atoms with Crippen molar-refractivity contribution in [3.63, 3.8) is 0 Å². The van der Waals surface area contributed by atoms with Crippen molar-refractivity contribution in [2.45, 2.75) is 19.4 Å². The number of carbonyl (C=O) groups is 2. The third kappa shape index (κ3) is 5.36. The summed E-state index contributed by atoms with van der Waals surface area (Å²) >= 11 is 1.31. The van der Waals surface area contributed by atoms with Crippen LogP contribution in [0.3, 0.4) is 0 Å². The molecule has 0 aliphatic rings. The van der Waals surface area contributed by atoms with E-state index in [0.717, 1.165) is 11.3 Å². The average Bonchev–Trinajstić information content (AvgIpc) is 3.23. The van der Waals surface area contributed by atoms with Gasteiger partial charge in [0.1, 0.15) is 11.5 Å². The minimum absolute atomic E-state index is 0.0276. The van der Waals surface area contributed by atoms with Crippen LogP contribution in [-0.2, 0) is 20.7 Å². The van der Waals surface area contributed by atoms with Crippen molar-refractivity contribution < 1.29 is 23.8 Å². The van der Waals surface area contributed by atoms with Crippen LogP contribution in [0.25, 0.3) is 11.3 Å². The van der Waals surface area contributed by atoms with Gasteiger partial charge in [0, 0.05) is 22.6 Å². The van der Waals surface area contributed by atoms with Gasteiger partial charge in [-0.15, -0.1) is 11.3 Å². The molecule has 0 radical (unpaired) electrons. The highest BCUT2D eigenvalue weighted by molar-refractivity contribution is 7.14. The summed E-state index contributed by atoms with van der Waals surface area (Å²) in [7, 11) is 3.06. The molecule has 156 valence electrons. The number of carbonyl (C=O) groups excluding carboxylic acids is 2. The first-order valence-corrected chi connectivity index (χ1v) is 10.1. The second-order valence-electron chi connectivity index (χ2n) is 6.38. The summed E-state index contributed by atoms with van der Waals surface area (Å²) < 4.78 is 15.7. The van der Waals surface area contributed by atoms with Crippen LogP contribution in [0, 0.1) is 0 Å². The van der Waals surface area contributed by atoms with E-state index in [4.69, 9.17) is 14.2 Å². The zero-order chi connectivity index (χ0) is 21.5. The molecule has 0 saturated carbocycles. The second kappa shape index (κ2) is 9.89. The van der Waals surface area contributed by atoms with Gasteiger partial charge in [-0.1, -0.05) is 36.4 Å². The molecule has 0 spiro atoms. The maximum absolute atomic E-state index is 12.4. The number of ether oxygens (including phenoxy) is 3. The van der Waals surface area contributed by atoms with Crippen LogP contribution in [0.15, 0.2) is 53.9 Å². The minimum Gasteiger partial charge on any atom is -0.497 e. The number of esters is 1. The van der Waals surface area contributed by atoms with Crippen LogP contribution in [-0.4, -0.2) is 37.2 Å². The van der Waals surface area contributed by atoms with Crippen LogP contribution >= 0.6 is 11.3 Å². The number of benzene rings is 2. The van der Waals surface area contributed by atoms with Gasteiger partial charge in [-0.05, 0) is 13.0 Å². The summed E-state index contributed by atoms with van der Waals surface area (Å²) in [5.74, 6) is 0.152. The molecule has 0 bridgehead atoms. The molecule has 1 atom stereocenters. The van der Waals surface area contributed by atoms with Gasteiger partial charge in [0.25, 0.3) is 5.91 Å². The van der Waals surface area contributed by atoms with E-state index in [1.165, 1.54) is 25.4 Å². The number of hydrogen-bond acceptors (Lipinski definition) is 7. The van der Waals surface area contributed by atoms with Crippen molar-refractivity contribution in [2.75, 3.05) is 19.5 Å². The Morgan fingerprint density at radius 2 is 1.87 bits per heavy atom. The van der Waals surface area contributed by atoms with Crippen molar-refractivity contribution in [3.05, 3.63) is 59.5 Å². The van der Waals surface area contributed by atoms with Crippen LogP contribution in [0.2, 0.25) is 0 Å². The van der Waals surface area contributed by atoms with E-state index in [9.17, 15) is 9.59 Å². The van der Waals surface area contributed by atoms with Gasteiger partial charge >= 0.3 is 5.97 Å². The highest BCUT2D eigenvalue weighted by atomic mass is 32.1. The van der Waals surface area contributed by atoms with E-state index in [2.05, 4.69) is 10.3 Å². The summed E-state index contributed by atoms with van der Waals surface area (Å²) in [6.07, 6.45) is -0.994. The maximum Gasteiger partial charge on any atom is 0.311 e. The standard InChI is InChI=1S/C22H22N2O5S/c1-14(29-20(25)11-16-9-10-17(27-2)12-19(16)28-3)21(26)24-22-23-18(13-30-22)15-7-5-4-6-8-15/h4-10,12-14H,11H2,1-3H3,(H,23,24,26). The zero-order valence-corrected chi connectivity index (χ0v) is 17.7. The number of anilines is 1. The molecule has 0 aliphatic heterocycles. The molecule has 3 aromatic rings. The molecule has 1 amide bonds. The lowest BCUT2D eigenvalue weighted by atomic mass is 10.1. The van der Waals surface area contributed by atoms with Crippen molar-refractivity contribution in [2.24, 2.45) is 0 Å². The Morgan fingerprint density at radius 1 is 1.10 bits per heavy atom. The molecular weight excluding hydrogens is 404 g/mol. The third-order valence-electron chi connectivity index (χ3n) is 4.31. The molecule has 30 heavy (non-hydrogen) atoms. The number of rotatable bonds is 8. The summed E-state index contributed by atoms with van der Waals surface area (Å²) in [6, 6.07) is 14.8. The van der Waals surface area contributed by atoms with E-state index >= 15 is 0 Å². The molecule has 0 fully saturated rings. The van der Waals surface area contributed by atoms with Gasteiger partial charge in [0.2, 0.25) is 0 Å². The number of methoxy groups -OCH3 is 2. The zero-order valence-electron chi connectivity index (χ0n) is 16.9. The monoisotopic (exact) mass is 426 g/mol. The smallest absolute Gasteiger partial charge is 0.311 e. The predicted octanol–water partition coefficient (Wildman–Crippen LogP) is 3.94. The number of amides is 1. The predicted molar refractivity (Wildman–Crippen MR) is 115 cm³/mol. The summed E-state index contributed by atoms with van der Waals surface area (Å²) in [6.45, 7) is 1.52. The van der Waals surface area contributed by atoms with Crippen LogP contribution in [0.4, 0.5) is 5.13 Å². The molecule has 2 aromatic carbocycles. The van der Waals surface area contributed by atoms with Gasteiger partial charge in [0.05, 0.1) is 26.3 Å². The lowest BCUT2D eigenvalue weighted by Crippen LogP contribution is -2.30. The number of thiazole rings is 1. The Bertz CT molecular complexity index is 1020. The topological polar surface area (TPSA) is 86.8 Å². The first kappa shape index (κ1) is 21.3. The van der Waals surface area contributed by atoms with Crippen molar-refractivity contribution in [3.8, 4) is 22.8 Å². The Labute approximate surface area is 178 Å². The third-order valence-corrected chi connectivity index (χ3v) is 5.07. The first-order chi connectivity index (χ1) is 14.5. The Balaban J connectivity index is 1.57. The quantitative estimate of drug-likeness (QED) is 0.549. The molecule has 7 nitrogen and oxygen atoms in total. The van der Waals surface area contributed by atoms with Crippen LogP contribution < -0.4 is 14.8 Å². The Kier molecular flexibility index (Phi) is 7.03. The van der Waals surface area contributed by atoms with E-state index in [-0.39, 0.29) is 6.42 Å². The average molecular weight is 426 g/mol. The molecule has 3 rings (SSSR count). The summed E-state index contributed by atoms with van der Waals surface area (Å²) in [5, 5.41) is 4.99. The van der Waals surface area contributed by atoms with Gasteiger partial charge in [-0.2, -0.15) is 0 Å². The Hall–Kier alpha value is -3.39. The maximum atomic E-state index is 12.4. The molecule has 0 aliphatic carbocycles. The normalized spacial score (nSPS) is 11.4. The van der Waals surface area contributed by atoms with Crippen molar-refractivity contribution in [1.29, 1.82) is 0 Å². The van der Waals surface area contributed by atoms with Crippen LogP contribution in [0.1, 0.15) is 12.5 Å². The van der Waals surface area contributed by atoms with E-state index in [0.29, 0.717) is 22.2 Å². The fraction of sp³-hybridized carbons (Fsp3) is 0.227. The fourth-order valence-electron chi connectivity index (χ4n) is 2.73. The van der Waals surface area contributed by atoms with Gasteiger partial charge < -0.3 is 14.2 Å². The SMILES string of the molecule is COc1ccc(CC(=O)OC(C)C(=O)Nc2nc(-c3ccccc3)cs2)c(OC)c1. The molecule has 8 heteroatoms.